The summed E-state index contributed by atoms with van der Waals surface area (Å²) in [4.78, 5) is 3.70. The molecule has 2 aromatic rings. The summed E-state index contributed by atoms with van der Waals surface area (Å²) in [5, 5.41) is 0. The molecule has 1 aliphatic rings. The van der Waals surface area contributed by atoms with Crippen LogP contribution in [0.3, 0.4) is 0 Å². The normalized spacial score (nSPS) is 19.6. The van der Waals surface area contributed by atoms with Crippen molar-refractivity contribution in [2.45, 2.75) is 48.9 Å². The van der Waals surface area contributed by atoms with Crippen molar-refractivity contribution in [3.63, 3.8) is 0 Å². The zero-order valence-electron chi connectivity index (χ0n) is 17.0. The van der Waals surface area contributed by atoms with E-state index >= 15 is 0 Å². The molecule has 3 rings (SSSR count). The molecule has 11 heteroatoms. The third-order valence-electron chi connectivity index (χ3n) is 5.01. The lowest BCUT2D eigenvalue weighted by atomic mass is 9.94. The average molecular weight is 460 g/mol. The molecule has 1 aliphatic carbocycles. The molecule has 0 amide bonds. The van der Waals surface area contributed by atoms with Gasteiger partial charge in [-0.15, -0.1) is 0 Å². The summed E-state index contributed by atoms with van der Waals surface area (Å²) in [5.41, 5.74) is -0.842. The second-order valence-electron chi connectivity index (χ2n) is 7.11. The van der Waals surface area contributed by atoms with Gasteiger partial charge in [0.15, 0.2) is 0 Å². The van der Waals surface area contributed by atoms with Crippen LogP contribution in [0.15, 0.2) is 41.4 Å². The highest BCUT2D eigenvalue weighted by molar-refractivity contribution is 7.89. The largest absolute Gasteiger partial charge is 0.497 e. The van der Waals surface area contributed by atoms with Gasteiger partial charge in [-0.1, -0.05) is 0 Å². The molecule has 0 radical (unpaired) electrons. The molecule has 7 nitrogen and oxygen atoms in total. The number of nitrogens with one attached hydrogen (secondary N) is 1. The van der Waals surface area contributed by atoms with E-state index in [4.69, 9.17) is 14.2 Å². The van der Waals surface area contributed by atoms with E-state index in [1.807, 2.05) is 0 Å². The Bertz CT molecular complexity index is 989. The molecule has 0 spiro atoms. The third kappa shape index (κ3) is 5.79. The number of nitrogens with zero attached hydrogens (tertiary/aromatic N) is 1. The lowest BCUT2D eigenvalue weighted by Gasteiger charge is -2.29. The van der Waals surface area contributed by atoms with Crippen LogP contribution < -0.4 is 18.9 Å². The molecule has 1 aromatic heterocycles. The molecule has 1 fully saturated rings. The van der Waals surface area contributed by atoms with Gasteiger partial charge in [-0.2, -0.15) is 13.2 Å². The molecule has 1 heterocycles. The number of hydrogen-bond donors (Lipinski definition) is 1. The van der Waals surface area contributed by atoms with Crippen molar-refractivity contribution in [1.29, 1.82) is 0 Å². The van der Waals surface area contributed by atoms with E-state index in [-0.39, 0.29) is 28.7 Å². The van der Waals surface area contributed by atoms with E-state index in [0.717, 1.165) is 12.3 Å². The van der Waals surface area contributed by atoms with Gasteiger partial charge in [0.25, 0.3) is 0 Å². The lowest BCUT2D eigenvalue weighted by molar-refractivity contribution is -0.137. The smallest absolute Gasteiger partial charge is 0.417 e. The zero-order valence-corrected chi connectivity index (χ0v) is 17.8. The van der Waals surface area contributed by atoms with Crippen LogP contribution in [0.2, 0.25) is 0 Å². The zero-order chi connectivity index (χ0) is 22.6. The number of benzene rings is 1. The van der Waals surface area contributed by atoms with Gasteiger partial charge in [-0.3, -0.25) is 0 Å². The number of hydrogen-bond acceptors (Lipinski definition) is 6. The molecule has 0 aliphatic heterocycles. The fourth-order valence-electron chi connectivity index (χ4n) is 3.36. The van der Waals surface area contributed by atoms with E-state index in [0.29, 0.717) is 31.4 Å². The molecule has 0 unspecified atom stereocenters. The van der Waals surface area contributed by atoms with Gasteiger partial charge in [0, 0.05) is 24.4 Å². The van der Waals surface area contributed by atoms with Gasteiger partial charge in [0.1, 0.15) is 22.5 Å². The number of halogens is 3. The minimum atomic E-state index is -4.45. The number of methoxy groups -OCH3 is 2. The van der Waals surface area contributed by atoms with Gasteiger partial charge in [-0.25, -0.2) is 18.1 Å². The van der Waals surface area contributed by atoms with Crippen molar-refractivity contribution in [2.24, 2.45) is 0 Å². The number of sulfonamides is 1. The summed E-state index contributed by atoms with van der Waals surface area (Å²) in [5.74, 6) is 0.708. The fourth-order valence-corrected chi connectivity index (χ4v) is 4.85. The fraction of sp³-hybridized carbons (Fsp3) is 0.450. The van der Waals surface area contributed by atoms with E-state index in [2.05, 4.69) is 9.71 Å². The Kier molecular flexibility index (Phi) is 6.95. The van der Waals surface area contributed by atoms with Gasteiger partial charge in [0.05, 0.1) is 19.8 Å². The van der Waals surface area contributed by atoms with Gasteiger partial charge in [-0.05, 0) is 43.9 Å². The van der Waals surface area contributed by atoms with E-state index in [9.17, 15) is 21.6 Å². The number of alkyl halides is 3. The SMILES string of the molecule is COc1ccc(OC)c(S(=O)(=O)NC2CCC(Oc3ccc(C(F)(F)F)cn3)CC2)c1. The first-order valence-corrected chi connectivity index (χ1v) is 11.0. The van der Waals surface area contributed by atoms with Crippen molar-refractivity contribution in [3.05, 3.63) is 42.1 Å². The molecule has 0 bridgehead atoms. The number of pyridine rings is 1. The van der Waals surface area contributed by atoms with Crippen LogP contribution in [0.5, 0.6) is 17.4 Å². The standard InChI is InChI=1S/C20H23F3N2O5S/c1-28-16-8-9-17(29-2)18(11-16)31(26,27)25-14-4-6-15(7-5-14)30-19-10-3-13(12-24-19)20(21,22)23/h3,8-12,14-15,25H,4-7H2,1-2H3. The van der Waals surface area contributed by atoms with E-state index < -0.39 is 21.8 Å². The molecule has 0 saturated heterocycles. The topological polar surface area (TPSA) is 86.8 Å². The lowest BCUT2D eigenvalue weighted by Crippen LogP contribution is -2.39. The summed E-state index contributed by atoms with van der Waals surface area (Å²) in [6.45, 7) is 0. The number of aromatic nitrogens is 1. The second-order valence-corrected chi connectivity index (χ2v) is 8.79. The quantitative estimate of drug-likeness (QED) is 0.677. The van der Waals surface area contributed by atoms with E-state index in [1.165, 1.54) is 32.4 Å². The first-order chi connectivity index (χ1) is 14.6. The van der Waals surface area contributed by atoms with Crippen LogP contribution in [0.1, 0.15) is 31.2 Å². The Morgan fingerprint density at radius 3 is 2.29 bits per heavy atom. The molecule has 170 valence electrons. The summed E-state index contributed by atoms with van der Waals surface area (Å²) in [7, 11) is -1.01. The Balaban J connectivity index is 1.59. The predicted molar refractivity (Wildman–Crippen MR) is 106 cm³/mol. The van der Waals surface area contributed by atoms with Crippen molar-refractivity contribution >= 4 is 10.0 Å². The monoisotopic (exact) mass is 460 g/mol. The molecular formula is C20H23F3N2O5S. The maximum absolute atomic E-state index is 12.9. The minimum Gasteiger partial charge on any atom is -0.497 e. The molecular weight excluding hydrogens is 437 g/mol. The Morgan fingerprint density at radius 1 is 1.03 bits per heavy atom. The van der Waals surface area contributed by atoms with Crippen LogP contribution in [-0.2, 0) is 16.2 Å². The summed E-state index contributed by atoms with van der Waals surface area (Å²) in [6, 6.07) is 6.33. The van der Waals surface area contributed by atoms with E-state index in [1.54, 1.807) is 6.07 Å². The molecule has 0 atom stereocenters. The van der Waals surface area contributed by atoms with Crippen LogP contribution >= 0.6 is 0 Å². The second kappa shape index (κ2) is 9.31. The van der Waals surface area contributed by atoms with Crippen LogP contribution in [-0.4, -0.2) is 39.8 Å². The van der Waals surface area contributed by atoms with Crippen molar-refractivity contribution < 1.29 is 35.8 Å². The first kappa shape index (κ1) is 23.1. The number of rotatable bonds is 7. The highest BCUT2D eigenvalue weighted by Gasteiger charge is 2.31. The third-order valence-corrected chi connectivity index (χ3v) is 6.55. The molecule has 1 aromatic carbocycles. The van der Waals surface area contributed by atoms with Crippen LogP contribution in [0.25, 0.3) is 0 Å². The predicted octanol–water partition coefficient (Wildman–Crippen LogP) is 3.79. The summed E-state index contributed by atoms with van der Waals surface area (Å²) in [6.07, 6.45) is -1.89. The maximum atomic E-state index is 12.9. The van der Waals surface area contributed by atoms with Crippen molar-refractivity contribution in [1.82, 2.24) is 9.71 Å². The Morgan fingerprint density at radius 2 is 1.74 bits per heavy atom. The average Bonchev–Trinajstić information content (AvgIpc) is 2.74. The van der Waals surface area contributed by atoms with Crippen LogP contribution in [0.4, 0.5) is 13.2 Å². The van der Waals surface area contributed by atoms with Gasteiger partial charge in [0.2, 0.25) is 15.9 Å². The van der Waals surface area contributed by atoms with Gasteiger partial charge >= 0.3 is 6.18 Å². The van der Waals surface area contributed by atoms with Gasteiger partial charge < -0.3 is 14.2 Å². The molecule has 1 N–H and O–H groups in total. The first-order valence-electron chi connectivity index (χ1n) is 9.56. The Labute approximate surface area is 178 Å². The minimum absolute atomic E-state index is 0.0123. The molecule has 31 heavy (non-hydrogen) atoms. The number of ether oxygens (including phenoxy) is 3. The van der Waals surface area contributed by atoms with Crippen LogP contribution in [0, 0.1) is 0 Å². The summed E-state index contributed by atoms with van der Waals surface area (Å²) < 4.78 is 82.2. The summed E-state index contributed by atoms with van der Waals surface area (Å²) >= 11 is 0. The maximum Gasteiger partial charge on any atom is 0.417 e. The van der Waals surface area contributed by atoms with Crippen molar-refractivity contribution in [2.75, 3.05) is 14.2 Å². The molecule has 1 saturated carbocycles. The van der Waals surface area contributed by atoms with Crippen molar-refractivity contribution in [3.8, 4) is 17.4 Å². The highest BCUT2D eigenvalue weighted by Crippen LogP contribution is 2.31. The highest BCUT2D eigenvalue weighted by atomic mass is 32.2. The Hall–Kier alpha value is -2.53.